The molecule has 0 aromatic heterocycles. The van der Waals surface area contributed by atoms with E-state index in [-0.39, 0.29) is 6.10 Å². The van der Waals surface area contributed by atoms with Gasteiger partial charge in [-0.3, -0.25) is 0 Å². The average molecular weight is 261 g/mol. The van der Waals surface area contributed by atoms with Crippen molar-refractivity contribution < 1.29 is 9.47 Å². The van der Waals surface area contributed by atoms with E-state index >= 15 is 0 Å². The Balaban J connectivity index is 1.50. The largest absolute Gasteiger partial charge is 0.377 e. The van der Waals surface area contributed by atoms with Gasteiger partial charge in [0.2, 0.25) is 0 Å². The first-order valence-electron chi connectivity index (χ1n) is 7.44. The lowest BCUT2D eigenvalue weighted by Crippen LogP contribution is -2.38. The van der Waals surface area contributed by atoms with Crippen molar-refractivity contribution in [3.05, 3.63) is 35.4 Å². The van der Waals surface area contributed by atoms with Crippen molar-refractivity contribution in [1.29, 1.82) is 0 Å². The minimum Gasteiger partial charge on any atom is -0.377 e. The van der Waals surface area contributed by atoms with Gasteiger partial charge in [-0.1, -0.05) is 30.7 Å². The number of ether oxygens (including phenoxy) is 2. The second-order valence-corrected chi connectivity index (χ2v) is 5.49. The van der Waals surface area contributed by atoms with E-state index in [1.54, 1.807) is 0 Å². The standard InChI is InChI=1S/C16H23NO2/c1-2-7-15-13(5-1)8-10-19-16(15)12-18-11-14-6-3-4-9-17-14/h1-2,5,7,14,16-17H,3-4,6,8-12H2. The summed E-state index contributed by atoms with van der Waals surface area (Å²) in [4.78, 5) is 0. The molecule has 2 atom stereocenters. The minimum atomic E-state index is 0.119. The van der Waals surface area contributed by atoms with Crippen molar-refractivity contribution in [2.75, 3.05) is 26.4 Å². The van der Waals surface area contributed by atoms with Crippen LogP contribution in [0.4, 0.5) is 0 Å². The van der Waals surface area contributed by atoms with Crippen molar-refractivity contribution in [2.45, 2.75) is 37.8 Å². The molecule has 2 heterocycles. The zero-order valence-corrected chi connectivity index (χ0v) is 11.4. The number of fused-ring (bicyclic) bond motifs is 1. The van der Waals surface area contributed by atoms with E-state index in [2.05, 4.69) is 29.6 Å². The quantitative estimate of drug-likeness (QED) is 0.903. The zero-order valence-electron chi connectivity index (χ0n) is 11.4. The maximum Gasteiger partial charge on any atom is 0.106 e. The number of hydrogen-bond acceptors (Lipinski definition) is 3. The smallest absolute Gasteiger partial charge is 0.106 e. The number of nitrogens with one attached hydrogen (secondary N) is 1. The minimum absolute atomic E-state index is 0.119. The van der Waals surface area contributed by atoms with Crippen LogP contribution in [-0.2, 0) is 15.9 Å². The van der Waals surface area contributed by atoms with E-state index in [1.165, 1.54) is 30.4 Å². The molecule has 3 nitrogen and oxygen atoms in total. The van der Waals surface area contributed by atoms with Crippen LogP contribution in [0.1, 0.15) is 36.5 Å². The summed E-state index contributed by atoms with van der Waals surface area (Å²) >= 11 is 0. The Morgan fingerprint density at radius 1 is 1.21 bits per heavy atom. The monoisotopic (exact) mass is 261 g/mol. The van der Waals surface area contributed by atoms with Gasteiger partial charge in [0.15, 0.2) is 0 Å². The molecule has 104 valence electrons. The lowest BCUT2D eigenvalue weighted by atomic mass is 9.98. The van der Waals surface area contributed by atoms with Crippen LogP contribution in [0.15, 0.2) is 24.3 Å². The van der Waals surface area contributed by atoms with Crippen LogP contribution >= 0.6 is 0 Å². The van der Waals surface area contributed by atoms with Crippen molar-refractivity contribution in [3.63, 3.8) is 0 Å². The fraction of sp³-hybridized carbons (Fsp3) is 0.625. The van der Waals surface area contributed by atoms with Crippen LogP contribution in [0.2, 0.25) is 0 Å². The van der Waals surface area contributed by atoms with Gasteiger partial charge in [0, 0.05) is 6.04 Å². The third-order valence-corrected chi connectivity index (χ3v) is 4.09. The van der Waals surface area contributed by atoms with Crippen LogP contribution in [0.5, 0.6) is 0 Å². The molecular formula is C16H23NO2. The number of benzene rings is 1. The molecule has 0 radical (unpaired) electrons. The predicted molar refractivity (Wildman–Crippen MR) is 75.3 cm³/mol. The second-order valence-electron chi connectivity index (χ2n) is 5.49. The van der Waals surface area contributed by atoms with Gasteiger partial charge in [-0.25, -0.2) is 0 Å². The predicted octanol–water partition coefficient (Wildman–Crippen LogP) is 2.46. The Kier molecular flexibility index (Phi) is 4.49. The molecule has 3 rings (SSSR count). The highest BCUT2D eigenvalue weighted by Gasteiger charge is 2.21. The first-order chi connectivity index (χ1) is 9.43. The number of hydrogen-bond donors (Lipinski definition) is 1. The lowest BCUT2D eigenvalue weighted by molar-refractivity contribution is -0.0305. The number of rotatable bonds is 4. The Bertz CT molecular complexity index is 401. The van der Waals surface area contributed by atoms with Crippen LogP contribution < -0.4 is 5.32 Å². The van der Waals surface area contributed by atoms with Crippen molar-refractivity contribution in [2.24, 2.45) is 0 Å². The molecule has 0 saturated carbocycles. The molecule has 3 heteroatoms. The average Bonchev–Trinajstić information content (AvgIpc) is 2.49. The van der Waals surface area contributed by atoms with E-state index in [1.807, 2.05) is 0 Å². The van der Waals surface area contributed by atoms with Gasteiger partial charge in [0.25, 0.3) is 0 Å². The van der Waals surface area contributed by atoms with Crippen molar-refractivity contribution >= 4 is 0 Å². The molecular weight excluding hydrogens is 238 g/mol. The molecule has 0 spiro atoms. The van der Waals surface area contributed by atoms with E-state index in [4.69, 9.17) is 9.47 Å². The lowest BCUT2D eigenvalue weighted by Gasteiger charge is -2.28. The molecule has 2 aliphatic heterocycles. The highest BCUT2D eigenvalue weighted by atomic mass is 16.5. The summed E-state index contributed by atoms with van der Waals surface area (Å²) in [5.41, 5.74) is 2.73. The maximum atomic E-state index is 5.88. The third-order valence-electron chi connectivity index (χ3n) is 4.09. The number of piperidine rings is 1. The Morgan fingerprint density at radius 3 is 3.05 bits per heavy atom. The maximum absolute atomic E-state index is 5.88. The van der Waals surface area contributed by atoms with Gasteiger partial charge in [-0.15, -0.1) is 0 Å². The van der Waals surface area contributed by atoms with Gasteiger partial charge in [0.1, 0.15) is 6.10 Å². The molecule has 2 unspecified atom stereocenters. The normalized spacial score (nSPS) is 26.9. The van der Waals surface area contributed by atoms with Crippen molar-refractivity contribution in [1.82, 2.24) is 5.32 Å². The molecule has 1 N–H and O–H groups in total. The van der Waals surface area contributed by atoms with Crippen LogP contribution in [0.25, 0.3) is 0 Å². The van der Waals surface area contributed by atoms with Gasteiger partial charge in [0.05, 0.1) is 19.8 Å². The van der Waals surface area contributed by atoms with Gasteiger partial charge < -0.3 is 14.8 Å². The zero-order chi connectivity index (χ0) is 12.9. The van der Waals surface area contributed by atoms with E-state index < -0.39 is 0 Å². The topological polar surface area (TPSA) is 30.5 Å². The van der Waals surface area contributed by atoms with E-state index in [0.717, 1.165) is 26.2 Å². The van der Waals surface area contributed by atoms with Gasteiger partial charge in [-0.05, 0) is 36.9 Å². The molecule has 0 bridgehead atoms. The van der Waals surface area contributed by atoms with E-state index in [0.29, 0.717) is 12.6 Å². The fourth-order valence-electron chi connectivity index (χ4n) is 3.00. The summed E-state index contributed by atoms with van der Waals surface area (Å²) in [5.74, 6) is 0. The molecule has 2 aliphatic rings. The fourth-order valence-corrected chi connectivity index (χ4v) is 3.00. The molecule has 1 saturated heterocycles. The van der Waals surface area contributed by atoms with Crippen LogP contribution in [0, 0.1) is 0 Å². The first kappa shape index (κ1) is 13.1. The molecule has 0 aliphatic carbocycles. The van der Waals surface area contributed by atoms with Gasteiger partial charge in [-0.2, -0.15) is 0 Å². The summed E-state index contributed by atoms with van der Waals surface area (Å²) in [6.45, 7) is 3.43. The SMILES string of the molecule is c1ccc2c(c1)CCOC2COCC1CCCCN1. The van der Waals surface area contributed by atoms with Crippen molar-refractivity contribution in [3.8, 4) is 0 Å². The molecule has 19 heavy (non-hydrogen) atoms. The van der Waals surface area contributed by atoms with Gasteiger partial charge >= 0.3 is 0 Å². The Morgan fingerprint density at radius 2 is 2.16 bits per heavy atom. The summed E-state index contributed by atoms with van der Waals surface area (Å²) in [7, 11) is 0. The molecule has 1 aromatic rings. The first-order valence-corrected chi connectivity index (χ1v) is 7.44. The Labute approximate surface area is 115 Å². The Hall–Kier alpha value is -0.900. The molecule has 1 fully saturated rings. The third kappa shape index (κ3) is 3.35. The van der Waals surface area contributed by atoms with Crippen LogP contribution in [0.3, 0.4) is 0 Å². The molecule has 0 amide bonds. The highest BCUT2D eigenvalue weighted by Crippen LogP contribution is 2.27. The van der Waals surface area contributed by atoms with Crippen LogP contribution in [-0.4, -0.2) is 32.4 Å². The summed E-state index contributed by atoms with van der Waals surface area (Å²) in [5, 5.41) is 3.51. The summed E-state index contributed by atoms with van der Waals surface area (Å²) in [6, 6.07) is 9.10. The highest BCUT2D eigenvalue weighted by molar-refractivity contribution is 5.30. The molecule has 1 aromatic carbocycles. The summed E-state index contributed by atoms with van der Waals surface area (Å²) in [6.07, 6.45) is 5.01. The van der Waals surface area contributed by atoms with E-state index in [9.17, 15) is 0 Å². The summed E-state index contributed by atoms with van der Waals surface area (Å²) < 4.78 is 11.7. The second kappa shape index (κ2) is 6.51.